The smallest absolute Gasteiger partial charge is 0.242 e. The summed E-state index contributed by atoms with van der Waals surface area (Å²) in [5.41, 5.74) is 1.42. The van der Waals surface area contributed by atoms with Crippen molar-refractivity contribution in [2.24, 2.45) is 0 Å². The Kier molecular flexibility index (Phi) is 7.83. The standard InChI is InChI=1S/C23H38N6O3S/c1-7-29-20-10-9-18(33(31,32)26(5)6)15-19(20)24-21(29)16-27-11-8-12-28(14-13-27)17-22(30)25-23(2,3)4/h9-10,15H,7-8,11-14,16-17H2,1-6H3,(H,25,30). The third kappa shape index (κ3) is 6.32. The van der Waals surface area contributed by atoms with Crippen LogP contribution in [0.15, 0.2) is 23.1 Å². The summed E-state index contributed by atoms with van der Waals surface area (Å²) in [6.45, 7) is 13.4. The number of rotatable bonds is 7. The Balaban J connectivity index is 1.72. The second kappa shape index (κ2) is 10.1. The molecule has 3 rings (SSSR count). The summed E-state index contributed by atoms with van der Waals surface area (Å²) in [4.78, 5) is 22.0. The van der Waals surface area contributed by atoms with Crippen LogP contribution in [0.4, 0.5) is 0 Å². The fourth-order valence-electron chi connectivity index (χ4n) is 4.21. The average Bonchev–Trinajstić information content (AvgIpc) is 2.90. The Morgan fingerprint density at radius 1 is 1.12 bits per heavy atom. The van der Waals surface area contributed by atoms with E-state index in [9.17, 15) is 13.2 Å². The molecule has 9 nitrogen and oxygen atoms in total. The van der Waals surface area contributed by atoms with Crippen LogP contribution in [-0.4, -0.2) is 90.3 Å². The predicted octanol–water partition coefficient (Wildman–Crippen LogP) is 1.73. The van der Waals surface area contributed by atoms with E-state index in [2.05, 4.69) is 26.6 Å². The quantitative estimate of drug-likeness (QED) is 0.652. The number of hydrogen-bond donors (Lipinski definition) is 1. The number of fused-ring (bicyclic) bond motifs is 1. The van der Waals surface area contributed by atoms with Gasteiger partial charge in [0.25, 0.3) is 0 Å². The lowest BCUT2D eigenvalue weighted by Gasteiger charge is -2.25. The Labute approximate surface area is 197 Å². The maximum atomic E-state index is 12.5. The summed E-state index contributed by atoms with van der Waals surface area (Å²) < 4.78 is 28.4. The van der Waals surface area contributed by atoms with E-state index in [1.54, 1.807) is 12.1 Å². The number of benzene rings is 1. The van der Waals surface area contributed by atoms with Crippen molar-refractivity contribution >= 4 is 27.0 Å². The zero-order chi connectivity index (χ0) is 24.4. The molecule has 0 aliphatic carbocycles. The van der Waals surface area contributed by atoms with Crippen LogP contribution in [0.25, 0.3) is 11.0 Å². The summed E-state index contributed by atoms with van der Waals surface area (Å²) in [5.74, 6) is 0.998. The van der Waals surface area contributed by atoms with Gasteiger partial charge in [-0.05, 0) is 65.4 Å². The molecule has 1 amide bonds. The molecular formula is C23H38N6O3S. The van der Waals surface area contributed by atoms with Gasteiger partial charge in [0.15, 0.2) is 0 Å². The number of nitrogens with zero attached hydrogens (tertiary/aromatic N) is 5. The van der Waals surface area contributed by atoms with Crippen LogP contribution in [0.5, 0.6) is 0 Å². The van der Waals surface area contributed by atoms with Crippen LogP contribution in [0.2, 0.25) is 0 Å². The highest BCUT2D eigenvalue weighted by Crippen LogP contribution is 2.23. The van der Waals surface area contributed by atoms with E-state index in [-0.39, 0.29) is 16.3 Å². The van der Waals surface area contributed by atoms with E-state index in [4.69, 9.17) is 4.98 Å². The average molecular weight is 479 g/mol. The van der Waals surface area contributed by atoms with Gasteiger partial charge >= 0.3 is 0 Å². The molecule has 0 unspecified atom stereocenters. The maximum absolute atomic E-state index is 12.5. The molecule has 0 atom stereocenters. The Hall–Kier alpha value is -2.01. The summed E-state index contributed by atoms with van der Waals surface area (Å²) >= 11 is 0. The first-order valence-electron chi connectivity index (χ1n) is 11.6. The number of carbonyl (C=O) groups is 1. The van der Waals surface area contributed by atoms with Crippen molar-refractivity contribution in [2.75, 3.05) is 46.8 Å². The van der Waals surface area contributed by atoms with Crippen LogP contribution in [0.3, 0.4) is 0 Å². The minimum Gasteiger partial charge on any atom is -0.350 e. The molecular weight excluding hydrogens is 440 g/mol. The first-order valence-corrected chi connectivity index (χ1v) is 13.0. The van der Waals surface area contributed by atoms with E-state index >= 15 is 0 Å². The molecule has 2 aromatic rings. The molecule has 2 heterocycles. The van der Waals surface area contributed by atoms with Crippen molar-refractivity contribution in [1.82, 2.24) is 29.0 Å². The molecule has 1 saturated heterocycles. The Bertz CT molecular complexity index is 1090. The van der Waals surface area contributed by atoms with Crippen LogP contribution in [0.1, 0.15) is 39.9 Å². The molecule has 0 spiro atoms. The molecule has 1 aromatic heterocycles. The Morgan fingerprint density at radius 2 is 1.79 bits per heavy atom. The molecule has 1 aromatic carbocycles. The number of amides is 1. The van der Waals surface area contributed by atoms with E-state index < -0.39 is 10.0 Å². The Morgan fingerprint density at radius 3 is 2.42 bits per heavy atom. The third-order valence-corrected chi connectivity index (χ3v) is 7.63. The third-order valence-electron chi connectivity index (χ3n) is 5.82. The van der Waals surface area contributed by atoms with Gasteiger partial charge in [-0.3, -0.25) is 14.6 Å². The highest BCUT2D eigenvalue weighted by Gasteiger charge is 2.23. The molecule has 0 bridgehead atoms. The summed E-state index contributed by atoms with van der Waals surface area (Å²) in [5, 5.41) is 3.04. The number of aryl methyl sites for hydroxylation is 1. The van der Waals surface area contributed by atoms with Gasteiger partial charge in [0.2, 0.25) is 15.9 Å². The van der Waals surface area contributed by atoms with Gasteiger partial charge in [-0.25, -0.2) is 17.7 Å². The van der Waals surface area contributed by atoms with Gasteiger partial charge in [-0.2, -0.15) is 0 Å². The number of imidazole rings is 1. The molecule has 1 aliphatic heterocycles. The molecule has 1 N–H and O–H groups in total. The number of nitrogens with one attached hydrogen (secondary N) is 1. The second-order valence-corrected chi connectivity index (χ2v) is 12.1. The van der Waals surface area contributed by atoms with Crippen LogP contribution < -0.4 is 5.32 Å². The molecule has 1 aliphatic rings. The lowest BCUT2D eigenvalue weighted by Crippen LogP contribution is -2.46. The summed E-state index contributed by atoms with van der Waals surface area (Å²) in [6, 6.07) is 5.17. The van der Waals surface area contributed by atoms with Gasteiger partial charge in [-0.15, -0.1) is 0 Å². The van der Waals surface area contributed by atoms with E-state index in [1.807, 2.05) is 26.8 Å². The van der Waals surface area contributed by atoms with Gasteiger partial charge in [0.1, 0.15) is 5.82 Å². The lowest BCUT2D eigenvalue weighted by molar-refractivity contribution is -0.123. The molecule has 0 saturated carbocycles. The van der Waals surface area contributed by atoms with Crippen molar-refractivity contribution in [1.29, 1.82) is 0 Å². The number of carbonyl (C=O) groups excluding carboxylic acids is 1. The van der Waals surface area contributed by atoms with Crippen molar-refractivity contribution in [2.45, 2.75) is 57.6 Å². The van der Waals surface area contributed by atoms with Crippen molar-refractivity contribution < 1.29 is 13.2 Å². The normalized spacial score (nSPS) is 16.9. The fraction of sp³-hybridized carbons (Fsp3) is 0.652. The number of hydrogen-bond acceptors (Lipinski definition) is 6. The number of aromatic nitrogens is 2. The first kappa shape index (κ1) is 25.6. The highest BCUT2D eigenvalue weighted by atomic mass is 32.2. The van der Waals surface area contributed by atoms with Crippen LogP contribution >= 0.6 is 0 Å². The summed E-state index contributed by atoms with van der Waals surface area (Å²) in [7, 11) is -0.438. The van der Waals surface area contributed by atoms with Crippen LogP contribution in [-0.2, 0) is 27.9 Å². The zero-order valence-electron chi connectivity index (χ0n) is 20.8. The monoisotopic (exact) mass is 478 g/mol. The maximum Gasteiger partial charge on any atom is 0.242 e. The van der Waals surface area contributed by atoms with Gasteiger partial charge in [0.05, 0.1) is 29.0 Å². The topological polar surface area (TPSA) is 90.8 Å². The molecule has 1 fully saturated rings. The van der Waals surface area contributed by atoms with E-state index in [0.717, 1.165) is 50.5 Å². The minimum atomic E-state index is -3.50. The van der Waals surface area contributed by atoms with E-state index in [0.29, 0.717) is 18.6 Å². The minimum absolute atomic E-state index is 0.0622. The van der Waals surface area contributed by atoms with Gasteiger partial charge in [-0.1, -0.05) is 0 Å². The number of sulfonamides is 1. The SMILES string of the molecule is CCn1c(CN2CCCN(CC(=O)NC(C)(C)C)CC2)nc2cc(S(=O)(=O)N(C)C)ccc21. The van der Waals surface area contributed by atoms with Crippen molar-refractivity contribution in [3.63, 3.8) is 0 Å². The van der Waals surface area contributed by atoms with Crippen molar-refractivity contribution in [3.8, 4) is 0 Å². The molecule has 184 valence electrons. The molecule has 33 heavy (non-hydrogen) atoms. The second-order valence-electron chi connectivity index (χ2n) is 9.91. The summed E-state index contributed by atoms with van der Waals surface area (Å²) in [6.07, 6.45) is 0.986. The largest absolute Gasteiger partial charge is 0.350 e. The predicted molar refractivity (Wildman–Crippen MR) is 131 cm³/mol. The van der Waals surface area contributed by atoms with Crippen molar-refractivity contribution in [3.05, 3.63) is 24.0 Å². The highest BCUT2D eigenvalue weighted by molar-refractivity contribution is 7.89. The first-order chi connectivity index (χ1) is 15.4. The zero-order valence-corrected chi connectivity index (χ0v) is 21.6. The van der Waals surface area contributed by atoms with Gasteiger partial charge in [0, 0.05) is 39.3 Å². The van der Waals surface area contributed by atoms with Crippen LogP contribution in [0, 0.1) is 0 Å². The molecule has 10 heteroatoms. The molecule has 0 radical (unpaired) electrons. The van der Waals surface area contributed by atoms with Gasteiger partial charge < -0.3 is 9.88 Å². The fourth-order valence-corrected chi connectivity index (χ4v) is 5.13. The lowest BCUT2D eigenvalue weighted by atomic mass is 10.1. The van der Waals surface area contributed by atoms with E-state index in [1.165, 1.54) is 18.4 Å².